The van der Waals surface area contributed by atoms with Crippen molar-refractivity contribution in [3.8, 4) is 0 Å². The molecule has 0 bridgehead atoms. The van der Waals surface area contributed by atoms with Gasteiger partial charge in [0.1, 0.15) is 4.83 Å². The molecule has 156 valence electrons. The molecule has 3 heterocycles. The highest BCUT2D eigenvalue weighted by atomic mass is 32.2. The summed E-state index contributed by atoms with van der Waals surface area (Å²) in [5, 5.41) is 9.61. The Bertz CT molecular complexity index is 1200. The maximum Gasteiger partial charge on any atom is 0.262 e. The fraction of sp³-hybridized carbons (Fsp3) is 0.364. The van der Waals surface area contributed by atoms with Gasteiger partial charge in [0, 0.05) is 17.3 Å². The first kappa shape index (κ1) is 20.8. The number of hydrogen-bond acceptors (Lipinski definition) is 7. The third-order valence-corrected chi connectivity index (χ3v) is 6.92. The first-order chi connectivity index (χ1) is 14.5. The summed E-state index contributed by atoms with van der Waals surface area (Å²) in [6.07, 6.45) is 1.66. The number of benzene rings is 1. The summed E-state index contributed by atoms with van der Waals surface area (Å²) < 4.78 is 7.50. The molecule has 0 aliphatic rings. The average molecular weight is 441 g/mol. The van der Waals surface area contributed by atoms with Crippen LogP contribution in [-0.2, 0) is 25.1 Å². The number of rotatable bonds is 8. The molecule has 1 aromatic carbocycles. The van der Waals surface area contributed by atoms with Crippen LogP contribution in [0.25, 0.3) is 10.2 Å². The summed E-state index contributed by atoms with van der Waals surface area (Å²) >= 11 is 3.06. The van der Waals surface area contributed by atoms with Crippen LogP contribution in [0.2, 0.25) is 0 Å². The Morgan fingerprint density at radius 3 is 2.70 bits per heavy atom. The van der Waals surface area contributed by atoms with Crippen LogP contribution < -0.4 is 5.56 Å². The van der Waals surface area contributed by atoms with Gasteiger partial charge in [-0.05, 0) is 24.5 Å². The van der Waals surface area contributed by atoms with Gasteiger partial charge in [-0.15, -0.1) is 21.5 Å². The minimum Gasteiger partial charge on any atom is -0.424 e. The molecule has 0 amide bonds. The van der Waals surface area contributed by atoms with E-state index in [9.17, 15) is 4.79 Å². The van der Waals surface area contributed by atoms with Gasteiger partial charge in [0.25, 0.3) is 5.56 Å². The summed E-state index contributed by atoms with van der Waals surface area (Å²) in [5.41, 5.74) is 1.21. The molecule has 0 fully saturated rings. The largest absolute Gasteiger partial charge is 0.424 e. The molecule has 0 unspecified atom stereocenters. The molecule has 4 aromatic rings. The molecule has 0 aliphatic carbocycles. The first-order valence-electron chi connectivity index (χ1n) is 10.1. The summed E-state index contributed by atoms with van der Waals surface area (Å²) in [6.45, 7) is 6.70. The number of fused-ring (bicyclic) bond motifs is 1. The van der Waals surface area contributed by atoms with Crippen LogP contribution in [0.3, 0.4) is 0 Å². The SMILES string of the molecule is CCc1cc2c(=O)n(CCc3ccccc3)c(SCc3nnc(C(C)C)o3)nc2s1. The highest BCUT2D eigenvalue weighted by Gasteiger charge is 2.16. The predicted octanol–water partition coefficient (Wildman–Crippen LogP) is 5.06. The fourth-order valence-corrected chi connectivity index (χ4v) is 4.97. The minimum absolute atomic E-state index is 0.0165. The minimum atomic E-state index is 0.0165. The molecule has 0 spiro atoms. The molecule has 4 rings (SSSR count). The lowest BCUT2D eigenvalue weighted by Gasteiger charge is -2.11. The zero-order valence-corrected chi connectivity index (χ0v) is 18.9. The Morgan fingerprint density at radius 1 is 1.20 bits per heavy atom. The average Bonchev–Trinajstić information content (AvgIpc) is 3.39. The Kier molecular flexibility index (Phi) is 6.34. The van der Waals surface area contributed by atoms with Crippen LogP contribution in [-0.4, -0.2) is 19.7 Å². The zero-order valence-electron chi connectivity index (χ0n) is 17.3. The third kappa shape index (κ3) is 4.49. The van der Waals surface area contributed by atoms with Gasteiger partial charge in [-0.3, -0.25) is 9.36 Å². The molecule has 0 radical (unpaired) electrons. The Labute approximate surface area is 183 Å². The molecular weight excluding hydrogens is 416 g/mol. The van der Waals surface area contributed by atoms with E-state index in [0.29, 0.717) is 34.6 Å². The van der Waals surface area contributed by atoms with E-state index >= 15 is 0 Å². The lowest BCUT2D eigenvalue weighted by Crippen LogP contribution is -2.23. The normalized spacial score (nSPS) is 11.6. The molecule has 3 aromatic heterocycles. The highest BCUT2D eigenvalue weighted by molar-refractivity contribution is 7.98. The van der Waals surface area contributed by atoms with Crippen molar-refractivity contribution in [3.05, 3.63) is 69.0 Å². The Balaban J connectivity index is 1.65. The molecule has 0 saturated heterocycles. The van der Waals surface area contributed by atoms with E-state index < -0.39 is 0 Å². The fourth-order valence-electron chi connectivity index (χ4n) is 3.10. The van der Waals surface area contributed by atoms with Crippen molar-refractivity contribution in [1.82, 2.24) is 19.7 Å². The molecular formula is C22H24N4O2S2. The maximum atomic E-state index is 13.3. The number of hydrogen-bond donors (Lipinski definition) is 0. The molecule has 0 aliphatic heterocycles. The van der Waals surface area contributed by atoms with E-state index in [2.05, 4.69) is 29.3 Å². The second-order valence-corrected chi connectivity index (χ2v) is 9.41. The second kappa shape index (κ2) is 9.14. The lowest BCUT2D eigenvalue weighted by atomic mass is 10.1. The van der Waals surface area contributed by atoms with Crippen molar-refractivity contribution in [2.24, 2.45) is 0 Å². The van der Waals surface area contributed by atoms with Crippen LogP contribution in [0.4, 0.5) is 0 Å². The molecule has 0 atom stereocenters. The van der Waals surface area contributed by atoms with E-state index in [1.54, 1.807) is 15.9 Å². The summed E-state index contributed by atoms with van der Waals surface area (Å²) in [7, 11) is 0. The van der Waals surface area contributed by atoms with Crippen LogP contribution in [0.1, 0.15) is 48.9 Å². The third-order valence-electron chi connectivity index (χ3n) is 4.78. The monoisotopic (exact) mass is 440 g/mol. The van der Waals surface area contributed by atoms with E-state index in [-0.39, 0.29) is 11.5 Å². The number of thioether (sulfide) groups is 1. The van der Waals surface area contributed by atoms with Gasteiger partial charge in [-0.2, -0.15) is 0 Å². The first-order valence-corrected chi connectivity index (χ1v) is 11.9. The number of aryl methyl sites for hydroxylation is 2. The van der Waals surface area contributed by atoms with Crippen molar-refractivity contribution in [1.29, 1.82) is 0 Å². The van der Waals surface area contributed by atoms with Gasteiger partial charge in [0.05, 0.1) is 11.1 Å². The predicted molar refractivity (Wildman–Crippen MR) is 121 cm³/mol. The van der Waals surface area contributed by atoms with Crippen molar-refractivity contribution >= 4 is 33.3 Å². The van der Waals surface area contributed by atoms with Crippen LogP contribution in [0.5, 0.6) is 0 Å². The van der Waals surface area contributed by atoms with Crippen LogP contribution >= 0.6 is 23.1 Å². The van der Waals surface area contributed by atoms with E-state index in [0.717, 1.165) is 17.7 Å². The number of thiophene rings is 1. The number of aromatic nitrogens is 4. The molecule has 30 heavy (non-hydrogen) atoms. The van der Waals surface area contributed by atoms with Crippen molar-refractivity contribution in [2.45, 2.75) is 57.0 Å². The number of nitrogens with zero attached hydrogens (tertiary/aromatic N) is 4. The van der Waals surface area contributed by atoms with Crippen molar-refractivity contribution < 1.29 is 4.42 Å². The van der Waals surface area contributed by atoms with E-state index in [1.807, 2.05) is 38.1 Å². The zero-order chi connectivity index (χ0) is 21.1. The highest BCUT2D eigenvalue weighted by Crippen LogP contribution is 2.27. The smallest absolute Gasteiger partial charge is 0.262 e. The molecule has 6 nitrogen and oxygen atoms in total. The summed E-state index contributed by atoms with van der Waals surface area (Å²) in [4.78, 5) is 20.1. The topological polar surface area (TPSA) is 73.8 Å². The van der Waals surface area contributed by atoms with Crippen LogP contribution in [0, 0.1) is 0 Å². The quantitative estimate of drug-likeness (QED) is 0.282. The van der Waals surface area contributed by atoms with Gasteiger partial charge in [-0.1, -0.05) is 62.9 Å². The lowest BCUT2D eigenvalue weighted by molar-refractivity contribution is 0.445. The van der Waals surface area contributed by atoms with Gasteiger partial charge >= 0.3 is 0 Å². The van der Waals surface area contributed by atoms with E-state index in [4.69, 9.17) is 9.40 Å². The van der Waals surface area contributed by atoms with Gasteiger partial charge in [-0.25, -0.2) is 4.98 Å². The summed E-state index contributed by atoms with van der Waals surface area (Å²) in [6, 6.07) is 12.2. The van der Waals surface area contributed by atoms with Gasteiger partial charge in [0.2, 0.25) is 11.8 Å². The van der Waals surface area contributed by atoms with Gasteiger partial charge < -0.3 is 4.42 Å². The second-order valence-electron chi connectivity index (χ2n) is 7.35. The van der Waals surface area contributed by atoms with Crippen LogP contribution in [0.15, 0.2) is 50.8 Å². The molecule has 0 N–H and O–H groups in total. The maximum absolute atomic E-state index is 13.3. The molecule has 8 heteroatoms. The van der Waals surface area contributed by atoms with E-state index in [1.165, 1.54) is 22.2 Å². The van der Waals surface area contributed by atoms with Crippen molar-refractivity contribution in [3.63, 3.8) is 0 Å². The Hall–Kier alpha value is -2.45. The molecule has 0 saturated carbocycles. The van der Waals surface area contributed by atoms with Crippen molar-refractivity contribution in [2.75, 3.05) is 0 Å². The summed E-state index contributed by atoms with van der Waals surface area (Å²) in [5.74, 6) is 1.84. The Morgan fingerprint density at radius 2 is 2.00 bits per heavy atom. The van der Waals surface area contributed by atoms with Gasteiger partial charge in [0.15, 0.2) is 5.16 Å². The standard InChI is InChI=1S/C22H24N4O2S2/c1-4-16-12-17-20(30-16)23-22(29-13-18-24-25-19(28-18)14(2)3)26(21(17)27)11-10-15-8-6-5-7-9-15/h5-9,12,14H,4,10-11,13H2,1-3H3.